The Morgan fingerprint density at radius 3 is 2.44 bits per heavy atom. The number of amides is 1. The zero-order valence-corrected chi connectivity index (χ0v) is 22.4. The highest BCUT2D eigenvalue weighted by molar-refractivity contribution is 7.92. The van der Waals surface area contributed by atoms with E-state index in [1.807, 2.05) is 6.92 Å². The maximum atomic E-state index is 13.2. The van der Waals surface area contributed by atoms with Gasteiger partial charge in [0.1, 0.15) is 11.9 Å². The van der Waals surface area contributed by atoms with Gasteiger partial charge in [0.05, 0.1) is 36.8 Å². The van der Waals surface area contributed by atoms with E-state index in [1.165, 1.54) is 29.6 Å². The van der Waals surface area contributed by atoms with E-state index < -0.39 is 32.2 Å². The SMILES string of the molecule is C[C@@H]1CN([C@@H](C)CO)C(=O)Cc2cc(NS(=O)(=O)c3ccccc3)ccc2O[C@@H]1CN(C)S(C)(=O)=O. The summed E-state index contributed by atoms with van der Waals surface area (Å²) in [5.41, 5.74) is 0.706. The predicted molar refractivity (Wildman–Crippen MR) is 137 cm³/mol. The van der Waals surface area contributed by atoms with Gasteiger partial charge in [-0.3, -0.25) is 9.52 Å². The van der Waals surface area contributed by atoms with Crippen LogP contribution in [0.3, 0.4) is 0 Å². The average Bonchev–Trinajstić information content (AvgIpc) is 2.86. The number of carbonyl (C=O) groups excluding carboxylic acids is 1. The minimum absolute atomic E-state index is 0.0529. The largest absolute Gasteiger partial charge is 0.488 e. The van der Waals surface area contributed by atoms with Crippen LogP contribution in [0.15, 0.2) is 53.4 Å². The lowest BCUT2D eigenvalue weighted by Gasteiger charge is -2.33. The van der Waals surface area contributed by atoms with Crippen LogP contribution < -0.4 is 9.46 Å². The number of nitrogens with one attached hydrogen (secondary N) is 1. The second-order valence-electron chi connectivity index (χ2n) is 9.17. The number of ether oxygens (including phenoxy) is 1. The molecular weight excluding hydrogens is 506 g/mol. The molecule has 1 aliphatic heterocycles. The molecule has 12 heteroatoms. The van der Waals surface area contributed by atoms with Crippen LogP contribution in [0.2, 0.25) is 0 Å². The molecule has 198 valence electrons. The number of nitrogens with zero attached hydrogens (tertiary/aromatic N) is 2. The first-order chi connectivity index (χ1) is 16.8. The van der Waals surface area contributed by atoms with Crippen molar-refractivity contribution in [2.75, 3.05) is 37.7 Å². The average molecular weight is 540 g/mol. The van der Waals surface area contributed by atoms with Crippen molar-refractivity contribution in [1.82, 2.24) is 9.21 Å². The van der Waals surface area contributed by atoms with E-state index in [2.05, 4.69) is 4.72 Å². The Morgan fingerprint density at radius 2 is 1.83 bits per heavy atom. The number of hydrogen-bond acceptors (Lipinski definition) is 7. The highest BCUT2D eigenvalue weighted by Crippen LogP contribution is 2.30. The van der Waals surface area contributed by atoms with Crippen molar-refractivity contribution in [3.05, 3.63) is 54.1 Å². The van der Waals surface area contributed by atoms with E-state index in [0.29, 0.717) is 11.3 Å². The van der Waals surface area contributed by atoms with E-state index in [1.54, 1.807) is 42.2 Å². The summed E-state index contributed by atoms with van der Waals surface area (Å²) >= 11 is 0. The van der Waals surface area contributed by atoms with Crippen LogP contribution in [0.1, 0.15) is 19.4 Å². The van der Waals surface area contributed by atoms with Crippen LogP contribution in [0.5, 0.6) is 5.75 Å². The molecule has 1 amide bonds. The lowest BCUT2D eigenvalue weighted by molar-refractivity contribution is -0.134. The number of sulfonamides is 2. The smallest absolute Gasteiger partial charge is 0.261 e. The number of aliphatic hydroxyl groups is 1. The number of rotatable bonds is 8. The molecule has 0 unspecified atom stereocenters. The molecule has 2 aromatic carbocycles. The Bertz CT molecular complexity index is 1280. The van der Waals surface area contributed by atoms with E-state index in [4.69, 9.17) is 4.74 Å². The summed E-state index contributed by atoms with van der Waals surface area (Å²) in [5.74, 6) is -0.161. The standard InChI is InChI=1S/C24H33N3O7S2/c1-17-14-27(18(2)16-28)24(29)13-19-12-20(25-36(32,33)21-8-6-5-7-9-21)10-11-22(19)34-23(17)15-26(3)35(4,30)31/h5-12,17-18,23,25,28H,13-16H2,1-4H3/t17-,18+,23-/m1/s1. The van der Waals surface area contributed by atoms with Crippen molar-refractivity contribution in [1.29, 1.82) is 0 Å². The third kappa shape index (κ3) is 6.75. The maximum absolute atomic E-state index is 13.2. The van der Waals surface area contributed by atoms with Crippen LogP contribution >= 0.6 is 0 Å². The zero-order valence-electron chi connectivity index (χ0n) is 20.8. The number of benzene rings is 2. The van der Waals surface area contributed by atoms with E-state index in [-0.39, 0.29) is 48.5 Å². The number of aliphatic hydroxyl groups excluding tert-OH is 1. The van der Waals surface area contributed by atoms with Crippen molar-refractivity contribution in [3.8, 4) is 5.75 Å². The molecular formula is C24H33N3O7S2. The highest BCUT2D eigenvalue weighted by atomic mass is 32.2. The second kappa shape index (κ2) is 11.2. The molecule has 0 radical (unpaired) electrons. The first-order valence-corrected chi connectivity index (χ1v) is 14.8. The van der Waals surface area contributed by atoms with Crippen molar-refractivity contribution in [2.45, 2.75) is 37.3 Å². The molecule has 0 saturated heterocycles. The summed E-state index contributed by atoms with van der Waals surface area (Å²) in [6.45, 7) is 3.66. The highest BCUT2D eigenvalue weighted by Gasteiger charge is 2.32. The third-order valence-electron chi connectivity index (χ3n) is 6.23. The third-order valence-corrected chi connectivity index (χ3v) is 8.90. The Hall–Kier alpha value is -2.67. The number of hydrogen-bond donors (Lipinski definition) is 2. The quantitative estimate of drug-likeness (QED) is 0.520. The summed E-state index contributed by atoms with van der Waals surface area (Å²) < 4.78 is 59.7. The fourth-order valence-electron chi connectivity index (χ4n) is 3.91. The first-order valence-electron chi connectivity index (χ1n) is 11.5. The van der Waals surface area contributed by atoms with Gasteiger partial charge in [-0.15, -0.1) is 0 Å². The molecule has 3 atom stereocenters. The zero-order chi connectivity index (χ0) is 26.7. The van der Waals surface area contributed by atoms with Crippen molar-refractivity contribution in [2.24, 2.45) is 5.92 Å². The van der Waals surface area contributed by atoms with E-state index >= 15 is 0 Å². The summed E-state index contributed by atoms with van der Waals surface area (Å²) in [6.07, 6.45) is 0.423. The monoisotopic (exact) mass is 539 g/mol. The Morgan fingerprint density at radius 1 is 1.17 bits per heavy atom. The fraction of sp³-hybridized carbons (Fsp3) is 0.458. The van der Waals surface area contributed by atoms with E-state index in [9.17, 15) is 26.7 Å². The number of likely N-dealkylation sites (N-methyl/N-ethyl adjacent to an activating group) is 1. The van der Waals surface area contributed by atoms with Crippen LogP contribution in [0.25, 0.3) is 0 Å². The van der Waals surface area contributed by atoms with Crippen LogP contribution in [-0.2, 0) is 31.3 Å². The number of carbonyl (C=O) groups is 1. The van der Waals surface area contributed by atoms with Crippen LogP contribution in [0, 0.1) is 5.92 Å². The molecule has 0 aromatic heterocycles. The molecule has 2 aromatic rings. The minimum atomic E-state index is -3.85. The molecule has 0 aliphatic carbocycles. The van der Waals surface area contributed by atoms with Gasteiger partial charge in [-0.1, -0.05) is 25.1 Å². The lowest BCUT2D eigenvalue weighted by Crippen LogP contribution is -2.48. The molecule has 0 fully saturated rings. The molecule has 2 N–H and O–H groups in total. The van der Waals surface area contributed by atoms with Gasteiger partial charge >= 0.3 is 0 Å². The molecule has 3 rings (SSSR count). The molecule has 36 heavy (non-hydrogen) atoms. The van der Waals surface area contributed by atoms with Crippen molar-refractivity contribution < 1.29 is 31.5 Å². The number of anilines is 1. The lowest BCUT2D eigenvalue weighted by atomic mass is 10.0. The summed E-state index contributed by atoms with van der Waals surface area (Å²) in [4.78, 5) is 14.9. The van der Waals surface area contributed by atoms with Gasteiger partial charge in [-0.25, -0.2) is 21.1 Å². The predicted octanol–water partition coefficient (Wildman–Crippen LogP) is 1.53. The molecule has 0 bridgehead atoms. The normalized spacial score (nSPS) is 20.1. The van der Waals surface area contributed by atoms with Crippen molar-refractivity contribution >= 4 is 31.6 Å². The second-order valence-corrected chi connectivity index (χ2v) is 12.9. The first kappa shape index (κ1) is 27.9. The van der Waals surface area contributed by atoms with Gasteiger partial charge in [0.15, 0.2) is 0 Å². The summed E-state index contributed by atoms with van der Waals surface area (Å²) in [6, 6.07) is 12.1. The van der Waals surface area contributed by atoms with Gasteiger partial charge in [-0.2, -0.15) is 0 Å². The summed E-state index contributed by atoms with van der Waals surface area (Å²) in [5, 5.41) is 9.73. The van der Waals surface area contributed by atoms with Gasteiger partial charge in [-0.05, 0) is 37.3 Å². The minimum Gasteiger partial charge on any atom is -0.488 e. The molecule has 1 heterocycles. The van der Waals surface area contributed by atoms with Crippen molar-refractivity contribution in [3.63, 3.8) is 0 Å². The number of fused-ring (bicyclic) bond motifs is 1. The van der Waals surface area contributed by atoms with Crippen LogP contribution in [-0.4, -0.2) is 82.2 Å². The Balaban J connectivity index is 2.00. The Labute approximate surface area is 213 Å². The summed E-state index contributed by atoms with van der Waals surface area (Å²) in [7, 11) is -5.87. The van der Waals surface area contributed by atoms with Gasteiger partial charge in [0, 0.05) is 30.8 Å². The van der Waals surface area contributed by atoms with Gasteiger partial charge in [0.25, 0.3) is 10.0 Å². The Kier molecular flexibility index (Phi) is 8.65. The maximum Gasteiger partial charge on any atom is 0.261 e. The van der Waals surface area contributed by atoms with Gasteiger partial charge < -0.3 is 14.7 Å². The topological polar surface area (TPSA) is 133 Å². The molecule has 0 saturated carbocycles. The van der Waals surface area contributed by atoms with E-state index in [0.717, 1.165) is 6.26 Å². The molecule has 0 spiro atoms. The van der Waals surface area contributed by atoms with Gasteiger partial charge in [0.2, 0.25) is 15.9 Å². The molecule has 10 nitrogen and oxygen atoms in total. The molecule has 1 aliphatic rings. The fourth-order valence-corrected chi connectivity index (χ4v) is 5.40. The van der Waals surface area contributed by atoms with Crippen LogP contribution in [0.4, 0.5) is 5.69 Å².